The fourth-order valence-electron chi connectivity index (χ4n) is 2.85. The van der Waals surface area contributed by atoms with Crippen LogP contribution in [0.3, 0.4) is 0 Å². The van der Waals surface area contributed by atoms with E-state index < -0.39 is 5.97 Å². The topological polar surface area (TPSA) is 67.8 Å². The summed E-state index contributed by atoms with van der Waals surface area (Å²) in [6.45, 7) is 2.12. The summed E-state index contributed by atoms with van der Waals surface area (Å²) in [5.74, 6) is 0.408. The minimum Gasteiger partial charge on any atom is -0.492 e. The third-order valence-electron chi connectivity index (χ3n) is 4.08. The van der Waals surface area contributed by atoms with E-state index in [0.717, 1.165) is 25.5 Å². The lowest BCUT2D eigenvalue weighted by atomic mass is 10.1. The van der Waals surface area contributed by atoms with E-state index in [2.05, 4.69) is 5.32 Å². The predicted molar refractivity (Wildman–Crippen MR) is 77.8 cm³/mol. The van der Waals surface area contributed by atoms with E-state index in [-0.39, 0.29) is 5.56 Å². The van der Waals surface area contributed by atoms with Crippen LogP contribution >= 0.6 is 0 Å². The average Bonchev–Trinajstić information content (AvgIpc) is 3.23. The maximum absolute atomic E-state index is 10.9. The Bertz CT molecular complexity index is 501. The summed E-state index contributed by atoms with van der Waals surface area (Å²) >= 11 is 0. The highest BCUT2D eigenvalue weighted by atomic mass is 16.5. The van der Waals surface area contributed by atoms with Crippen LogP contribution in [0.25, 0.3) is 0 Å². The molecule has 1 saturated heterocycles. The summed E-state index contributed by atoms with van der Waals surface area (Å²) in [6, 6.07) is 7.02. The second-order valence-corrected chi connectivity index (χ2v) is 5.70. The molecule has 0 radical (unpaired) electrons. The summed E-state index contributed by atoms with van der Waals surface area (Å²) in [4.78, 5) is 10.9. The Morgan fingerprint density at radius 3 is 3.00 bits per heavy atom. The number of benzene rings is 1. The Kier molecular flexibility index (Phi) is 4.41. The smallest absolute Gasteiger partial charge is 0.335 e. The van der Waals surface area contributed by atoms with Gasteiger partial charge in [-0.05, 0) is 43.4 Å². The van der Waals surface area contributed by atoms with Gasteiger partial charge in [-0.25, -0.2) is 4.79 Å². The molecular weight excluding hydrogens is 270 g/mol. The van der Waals surface area contributed by atoms with Crippen molar-refractivity contribution in [2.24, 2.45) is 5.92 Å². The van der Waals surface area contributed by atoms with Crippen LogP contribution in [-0.4, -0.2) is 43.0 Å². The summed E-state index contributed by atoms with van der Waals surface area (Å²) < 4.78 is 11.4. The first kappa shape index (κ1) is 14.4. The molecule has 114 valence electrons. The molecule has 2 atom stereocenters. The monoisotopic (exact) mass is 291 g/mol. The Labute approximate surface area is 124 Å². The lowest BCUT2D eigenvalue weighted by molar-refractivity contribution is 0.0696. The highest BCUT2D eigenvalue weighted by molar-refractivity contribution is 5.87. The zero-order valence-electron chi connectivity index (χ0n) is 12.0. The van der Waals surface area contributed by atoms with Gasteiger partial charge in [-0.15, -0.1) is 0 Å². The van der Waals surface area contributed by atoms with Crippen molar-refractivity contribution < 1.29 is 19.4 Å². The third kappa shape index (κ3) is 3.74. The SMILES string of the molecule is O=C(O)c1cccc(OCCNC2CCOC2C2CC2)c1. The number of hydrogen-bond acceptors (Lipinski definition) is 4. The molecular formula is C16H21NO4. The summed E-state index contributed by atoms with van der Waals surface area (Å²) in [6.07, 6.45) is 4.03. The second-order valence-electron chi connectivity index (χ2n) is 5.70. The lowest BCUT2D eigenvalue weighted by Gasteiger charge is -2.19. The van der Waals surface area contributed by atoms with Gasteiger partial charge in [-0.2, -0.15) is 0 Å². The van der Waals surface area contributed by atoms with Gasteiger partial charge in [0.05, 0.1) is 11.7 Å². The van der Waals surface area contributed by atoms with E-state index in [4.69, 9.17) is 14.6 Å². The standard InChI is InChI=1S/C16H21NO4/c18-16(19)12-2-1-3-13(10-12)20-9-7-17-14-6-8-21-15(14)11-4-5-11/h1-3,10-11,14-15,17H,4-9H2,(H,18,19). The number of hydrogen-bond donors (Lipinski definition) is 2. The largest absolute Gasteiger partial charge is 0.492 e. The van der Waals surface area contributed by atoms with Crippen molar-refractivity contribution in [3.8, 4) is 5.75 Å². The molecule has 0 aromatic heterocycles. The summed E-state index contributed by atoms with van der Waals surface area (Å²) in [5.41, 5.74) is 0.249. The van der Waals surface area contributed by atoms with Crippen molar-refractivity contribution in [1.82, 2.24) is 5.32 Å². The molecule has 1 heterocycles. The number of aromatic carboxylic acids is 1. The van der Waals surface area contributed by atoms with Crippen LogP contribution in [0.4, 0.5) is 0 Å². The van der Waals surface area contributed by atoms with E-state index in [1.54, 1.807) is 24.3 Å². The van der Waals surface area contributed by atoms with Crippen molar-refractivity contribution in [1.29, 1.82) is 0 Å². The Hall–Kier alpha value is -1.59. The van der Waals surface area contributed by atoms with Gasteiger partial charge in [0.1, 0.15) is 12.4 Å². The molecule has 0 amide bonds. The normalized spacial score (nSPS) is 25.0. The van der Waals surface area contributed by atoms with E-state index in [0.29, 0.717) is 24.5 Å². The predicted octanol–water partition coefficient (Wildman–Crippen LogP) is 1.92. The first-order chi connectivity index (χ1) is 10.2. The summed E-state index contributed by atoms with van der Waals surface area (Å²) in [5, 5.41) is 12.4. The fraction of sp³-hybridized carbons (Fsp3) is 0.562. The van der Waals surface area contributed by atoms with Crippen LogP contribution < -0.4 is 10.1 Å². The maximum Gasteiger partial charge on any atom is 0.335 e. The van der Waals surface area contributed by atoms with Gasteiger partial charge in [0, 0.05) is 19.2 Å². The second kappa shape index (κ2) is 6.45. The number of carbonyl (C=O) groups is 1. The molecule has 1 aromatic rings. The van der Waals surface area contributed by atoms with Gasteiger partial charge in [-0.3, -0.25) is 0 Å². The first-order valence-electron chi connectivity index (χ1n) is 7.55. The van der Waals surface area contributed by atoms with Crippen LogP contribution in [-0.2, 0) is 4.74 Å². The molecule has 1 aromatic carbocycles. The zero-order valence-corrected chi connectivity index (χ0v) is 12.0. The molecule has 1 aliphatic heterocycles. The van der Waals surface area contributed by atoms with Crippen LogP contribution in [0.15, 0.2) is 24.3 Å². The number of rotatable bonds is 7. The number of carboxylic acids is 1. The number of nitrogens with one attached hydrogen (secondary N) is 1. The van der Waals surface area contributed by atoms with Gasteiger partial charge in [0.15, 0.2) is 0 Å². The van der Waals surface area contributed by atoms with Crippen LogP contribution in [0.5, 0.6) is 5.75 Å². The summed E-state index contributed by atoms with van der Waals surface area (Å²) in [7, 11) is 0. The highest BCUT2D eigenvalue weighted by Crippen LogP contribution is 2.38. The van der Waals surface area contributed by atoms with Gasteiger partial charge < -0.3 is 19.9 Å². The van der Waals surface area contributed by atoms with E-state index in [1.165, 1.54) is 12.8 Å². The molecule has 1 saturated carbocycles. The zero-order chi connectivity index (χ0) is 14.7. The van der Waals surface area contributed by atoms with Gasteiger partial charge in [-0.1, -0.05) is 6.07 Å². The van der Waals surface area contributed by atoms with Gasteiger partial charge in [0.2, 0.25) is 0 Å². The van der Waals surface area contributed by atoms with Crippen molar-refractivity contribution >= 4 is 5.97 Å². The quantitative estimate of drug-likeness (QED) is 0.751. The fourth-order valence-corrected chi connectivity index (χ4v) is 2.85. The lowest BCUT2D eigenvalue weighted by Crippen LogP contribution is -2.39. The molecule has 2 N–H and O–H groups in total. The van der Waals surface area contributed by atoms with Gasteiger partial charge >= 0.3 is 5.97 Å². The highest BCUT2D eigenvalue weighted by Gasteiger charge is 2.40. The molecule has 1 aliphatic carbocycles. The molecule has 0 spiro atoms. The average molecular weight is 291 g/mol. The van der Waals surface area contributed by atoms with Crippen molar-refractivity contribution in [3.63, 3.8) is 0 Å². The van der Waals surface area contributed by atoms with Crippen molar-refractivity contribution in [2.75, 3.05) is 19.8 Å². The molecule has 21 heavy (non-hydrogen) atoms. The van der Waals surface area contributed by atoms with Crippen LogP contribution in [0.2, 0.25) is 0 Å². The first-order valence-corrected chi connectivity index (χ1v) is 7.55. The maximum atomic E-state index is 10.9. The number of ether oxygens (including phenoxy) is 2. The van der Waals surface area contributed by atoms with Crippen molar-refractivity contribution in [2.45, 2.75) is 31.4 Å². The Balaban J connectivity index is 1.41. The minimum absolute atomic E-state index is 0.249. The van der Waals surface area contributed by atoms with Crippen LogP contribution in [0, 0.1) is 5.92 Å². The van der Waals surface area contributed by atoms with Gasteiger partial charge in [0.25, 0.3) is 0 Å². The third-order valence-corrected chi connectivity index (χ3v) is 4.08. The van der Waals surface area contributed by atoms with E-state index in [1.807, 2.05) is 0 Å². The number of carboxylic acid groups (broad SMARTS) is 1. The molecule has 0 bridgehead atoms. The minimum atomic E-state index is -0.936. The Morgan fingerprint density at radius 2 is 2.24 bits per heavy atom. The van der Waals surface area contributed by atoms with Crippen LogP contribution in [0.1, 0.15) is 29.6 Å². The molecule has 2 aliphatic rings. The Morgan fingerprint density at radius 1 is 1.38 bits per heavy atom. The molecule has 5 heteroatoms. The molecule has 5 nitrogen and oxygen atoms in total. The van der Waals surface area contributed by atoms with E-state index >= 15 is 0 Å². The molecule has 2 unspecified atom stereocenters. The van der Waals surface area contributed by atoms with Crippen molar-refractivity contribution in [3.05, 3.63) is 29.8 Å². The molecule has 3 rings (SSSR count). The molecule has 2 fully saturated rings. The van der Waals surface area contributed by atoms with E-state index in [9.17, 15) is 4.79 Å².